The van der Waals surface area contributed by atoms with E-state index in [0.717, 1.165) is 13.0 Å². The van der Waals surface area contributed by atoms with E-state index < -0.39 is 5.72 Å². The Morgan fingerprint density at radius 2 is 1.45 bits per heavy atom. The van der Waals surface area contributed by atoms with E-state index in [2.05, 4.69) is 53.4 Å². The van der Waals surface area contributed by atoms with Gasteiger partial charge in [-0.15, -0.1) is 0 Å². The molecule has 0 saturated heterocycles. The van der Waals surface area contributed by atoms with Crippen LogP contribution in [0.25, 0.3) is 0 Å². The van der Waals surface area contributed by atoms with Gasteiger partial charge in [0, 0.05) is 12.5 Å². The zero-order valence-corrected chi connectivity index (χ0v) is 13.4. The van der Waals surface area contributed by atoms with Crippen LogP contribution in [-0.4, -0.2) is 35.9 Å². The highest BCUT2D eigenvalue weighted by molar-refractivity contribution is 5.32. The van der Waals surface area contributed by atoms with E-state index in [1.54, 1.807) is 6.92 Å². The Labute approximate surface area is 133 Å². The number of benzene rings is 2. The maximum absolute atomic E-state index is 9.72. The van der Waals surface area contributed by atoms with Gasteiger partial charge in [-0.2, -0.15) is 0 Å². The largest absolute Gasteiger partial charge is 0.375 e. The third kappa shape index (κ3) is 5.26. The van der Waals surface area contributed by atoms with Crippen LogP contribution < -0.4 is 5.73 Å². The average Bonchev–Trinajstić information content (AvgIpc) is 2.48. The summed E-state index contributed by atoms with van der Waals surface area (Å²) < 4.78 is 0. The fourth-order valence-corrected chi connectivity index (χ4v) is 2.87. The van der Waals surface area contributed by atoms with Crippen molar-refractivity contribution in [1.29, 1.82) is 0 Å². The molecule has 3 N–H and O–H groups in total. The Kier molecular flexibility index (Phi) is 5.72. The molecule has 0 aromatic heterocycles. The molecule has 0 radical (unpaired) electrons. The summed E-state index contributed by atoms with van der Waals surface area (Å²) in [5.74, 6) is 0.354. The summed E-state index contributed by atoms with van der Waals surface area (Å²) in [5.41, 5.74) is 7.17. The third-order valence-corrected chi connectivity index (χ3v) is 3.79. The molecular formula is C19H26N2O. The minimum absolute atomic E-state index is 0.354. The summed E-state index contributed by atoms with van der Waals surface area (Å²) in [6, 6.07) is 21.1. The number of nitrogens with two attached hydrogens (primary N) is 1. The Hall–Kier alpha value is -1.68. The average molecular weight is 298 g/mol. The van der Waals surface area contributed by atoms with Gasteiger partial charge in [0.1, 0.15) is 5.72 Å². The molecule has 3 heteroatoms. The standard InChI is InChI=1S/C19H26N2O/c1-19(20,22)15-21(2)14-13-18(16-9-5-3-6-10-16)17-11-7-4-8-12-17/h3-12,18,22H,13-15,20H2,1-2H3. The molecule has 0 saturated carbocycles. The van der Waals surface area contributed by atoms with E-state index in [0.29, 0.717) is 12.5 Å². The molecule has 0 heterocycles. The number of nitrogens with zero attached hydrogens (tertiary/aromatic N) is 1. The van der Waals surface area contributed by atoms with Crippen LogP contribution in [0.2, 0.25) is 0 Å². The van der Waals surface area contributed by atoms with Crippen molar-refractivity contribution < 1.29 is 5.11 Å². The lowest BCUT2D eigenvalue weighted by Crippen LogP contribution is -2.46. The van der Waals surface area contributed by atoms with Crippen LogP contribution in [0.1, 0.15) is 30.4 Å². The van der Waals surface area contributed by atoms with Crippen molar-refractivity contribution in [3.05, 3.63) is 71.8 Å². The van der Waals surface area contributed by atoms with Crippen molar-refractivity contribution in [2.75, 3.05) is 20.1 Å². The molecule has 3 nitrogen and oxygen atoms in total. The molecule has 0 aliphatic heterocycles. The van der Waals surface area contributed by atoms with E-state index >= 15 is 0 Å². The predicted octanol–water partition coefficient (Wildman–Crippen LogP) is 2.81. The van der Waals surface area contributed by atoms with Gasteiger partial charge in [-0.05, 0) is 38.1 Å². The van der Waals surface area contributed by atoms with Gasteiger partial charge in [-0.25, -0.2) is 0 Å². The normalized spacial score (nSPS) is 14.3. The van der Waals surface area contributed by atoms with E-state index in [-0.39, 0.29) is 0 Å². The van der Waals surface area contributed by atoms with Crippen molar-refractivity contribution in [3.63, 3.8) is 0 Å². The first-order chi connectivity index (χ1) is 10.5. The molecule has 2 rings (SSSR count). The van der Waals surface area contributed by atoms with Crippen molar-refractivity contribution in [1.82, 2.24) is 4.90 Å². The van der Waals surface area contributed by atoms with Crippen LogP contribution in [0.15, 0.2) is 60.7 Å². The van der Waals surface area contributed by atoms with Crippen LogP contribution >= 0.6 is 0 Å². The second-order valence-electron chi connectivity index (χ2n) is 6.26. The lowest BCUT2D eigenvalue weighted by molar-refractivity contribution is 0.0326. The highest BCUT2D eigenvalue weighted by Gasteiger charge is 2.18. The van der Waals surface area contributed by atoms with Crippen LogP contribution in [0, 0.1) is 0 Å². The summed E-state index contributed by atoms with van der Waals surface area (Å²) >= 11 is 0. The Balaban J connectivity index is 2.10. The smallest absolute Gasteiger partial charge is 0.123 e. The second-order valence-corrected chi connectivity index (χ2v) is 6.26. The minimum Gasteiger partial charge on any atom is -0.375 e. The SMILES string of the molecule is CN(CCC(c1ccccc1)c1ccccc1)CC(C)(N)O. The number of likely N-dealkylation sites (N-methyl/N-ethyl adjacent to an activating group) is 1. The van der Waals surface area contributed by atoms with E-state index in [1.807, 2.05) is 19.2 Å². The molecule has 118 valence electrons. The Bertz CT molecular complexity index is 509. The van der Waals surface area contributed by atoms with Gasteiger partial charge in [-0.1, -0.05) is 60.7 Å². The van der Waals surface area contributed by atoms with Gasteiger partial charge in [-0.3, -0.25) is 0 Å². The summed E-state index contributed by atoms with van der Waals surface area (Å²) in [4.78, 5) is 2.08. The van der Waals surface area contributed by atoms with Crippen LogP contribution in [0.5, 0.6) is 0 Å². The highest BCUT2D eigenvalue weighted by Crippen LogP contribution is 2.27. The van der Waals surface area contributed by atoms with Crippen molar-refractivity contribution in [2.45, 2.75) is 25.0 Å². The van der Waals surface area contributed by atoms with Crippen molar-refractivity contribution >= 4 is 0 Å². The second kappa shape index (κ2) is 7.54. The minimum atomic E-state index is -1.15. The first-order valence-corrected chi connectivity index (χ1v) is 7.75. The number of aliphatic hydroxyl groups is 1. The molecule has 0 fully saturated rings. The van der Waals surface area contributed by atoms with Gasteiger partial charge < -0.3 is 15.7 Å². The number of rotatable bonds is 7. The van der Waals surface area contributed by atoms with Gasteiger partial charge in [0.15, 0.2) is 0 Å². The Morgan fingerprint density at radius 1 is 1.00 bits per heavy atom. The predicted molar refractivity (Wildman–Crippen MR) is 91.7 cm³/mol. The topological polar surface area (TPSA) is 49.5 Å². The van der Waals surface area contributed by atoms with Crippen LogP contribution in [0.3, 0.4) is 0 Å². The monoisotopic (exact) mass is 298 g/mol. The number of hydrogen-bond donors (Lipinski definition) is 2. The molecule has 22 heavy (non-hydrogen) atoms. The lowest BCUT2D eigenvalue weighted by atomic mass is 9.88. The summed E-state index contributed by atoms with van der Waals surface area (Å²) in [6.45, 7) is 2.97. The highest BCUT2D eigenvalue weighted by atomic mass is 16.3. The maximum atomic E-state index is 9.72. The molecule has 0 amide bonds. The van der Waals surface area contributed by atoms with Gasteiger partial charge in [0.05, 0.1) is 0 Å². The molecule has 2 aromatic rings. The van der Waals surface area contributed by atoms with E-state index in [4.69, 9.17) is 5.73 Å². The van der Waals surface area contributed by atoms with Gasteiger partial charge in [0.2, 0.25) is 0 Å². The molecule has 1 atom stereocenters. The van der Waals surface area contributed by atoms with E-state index in [1.165, 1.54) is 11.1 Å². The molecule has 2 aromatic carbocycles. The number of hydrogen-bond acceptors (Lipinski definition) is 3. The summed E-state index contributed by atoms with van der Waals surface area (Å²) in [6.07, 6.45) is 0.987. The Morgan fingerprint density at radius 3 is 1.86 bits per heavy atom. The zero-order valence-electron chi connectivity index (χ0n) is 13.4. The fraction of sp³-hybridized carbons (Fsp3) is 0.368. The summed E-state index contributed by atoms with van der Waals surface area (Å²) in [7, 11) is 1.99. The first kappa shape index (κ1) is 16.7. The molecule has 0 spiro atoms. The fourth-order valence-electron chi connectivity index (χ4n) is 2.87. The molecule has 0 aliphatic rings. The van der Waals surface area contributed by atoms with Gasteiger partial charge >= 0.3 is 0 Å². The van der Waals surface area contributed by atoms with Crippen molar-refractivity contribution in [3.8, 4) is 0 Å². The zero-order chi connectivity index (χ0) is 16.0. The molecular weight excluding hydrogens is 272 g/mol. The molecule has 1 unspecified atom stereocenters. The summed E-state index contributed by atoms with van der Waals surface area (Å²) in [5, 5.41) is 9.72. The molecule has 0 aliphatic carbocycles. The van der Waals surface area contributed by atoms with Crippen LogP contribution in [0.4, 0.5) is 0 Å². The van der Waals surface area contributed by atoms with Crippen LogP contribution in [-0.2, 0) is 0 Å². The maximum Gasteiger partial charge on any atom is 0.123 e. The van der Waals surface area contributed by atoms with E-state index in [9.17, 15) is 5.11 Å². The first-order valence-electron chi connectivity index (χ1n) is 7.75. The quantitative estimate of drug-likeness (QED) is 0.773. The third-order valence-electron chi connectivity index (χ3n) is 3.79. The van der Waals surface area contributed by atoms with Crippen molar-refractivity contribution in [2.24, 2.45) is 5.73 Å². The van der Waals surface area contributed by atoms with Gasteiger partial charge in [0.25, 0.3) is 0 Å². The lowest BCUT2D eigenvalue weighted by Gasteiger charge is -2.27. The molecule has 0 bridgehead atoms.